The van der Waals surface area contributed by atoms with Crippen LogP contribution in [0.2, 0.25) is 0 Å². The zero-order chi connectivity index (χ0) is 15.1. The van der Waals surface area contributed by atoms with Crippen LogP contribution in [0, 0.1) is 0 Å². The van der Waals surface area contributed by atoms with Gasteiger partial charge >= 0.3 is 0 Å². The molecule has 0 aliphatic carbocycles. The molecule has 0 saturated carbocycles. The molecule has 2 aromatic rings. The van der Waals surface area contributed by atoms with E-state index in [9.17, 15) is 10.2 Å². The van der Waals surface area contributed by atoms with Crippen LogP contribution in [0.1, 0.15) is 6.23 Å². The Kier molecular flexibility index (Phi) is 3.49. The van der Waals surface area contributed by atoms with E-state index in [-0.39, 0.29) is 6.61 Å². The average Bonchev–Trinajstić information content (AvgIpc) is 3.01. The lowest BCUT2D eigenvalue weighted by Gasteiger charge is -2.17. The van der Waals surface area contributed by atoms with E-state index < -0.39 is 24.5 Å². The molecule has 4 N–H and O–H groups in total. The summed E-state index contributed by atoms with van der Waals surface area (Å²) in [5, 5.41) is 19.2. The number of aliphatic hydroxyl groups excluding tert-OH is 2. The lowest BCUT2D eigenvalue weighted by Crippen LogP contribution is -2.39. The van der Waals surface area contributed by atoms with Crippen molar-refractivity contribution in [2.24, 2.45) is 5.73 Å². The first-order valence-corrected chi connectivity index (χ1v) is 6.59. The quantitative estimate of drug-likeness (QED) is 0.623. The van der Waals surface area contributed by atoms with Crippen molar-refractivity contribution in [1.82, 2.24) is 19.5 Å². The van der Waals surface area contributed by atoms with Crippen LogP contribution in [-0.2, 0) is 4.74 Å². The Morgan fingerprint density at radius 2 is 2.14 bits per heavy atom. The third-order valence-electron chi connectivity index (χ3n) is 3.64. The average molecular weight is 294 g/mol. The van der Waals surface area contributed by atoms with Crippen molar-refractivity contribution in [3.05, 3.63) is 12.7 Å². The van der Waals surface area contributed by atoms with Crippen molar-refractivity contribution in [2.75, 3.05) is 25.6 Å². The maximum absolute atomic E-state index is 9.96. The van der Waals surface area contributed by atoms with Gasteiger partial charge in [0, 0.05) is 14.1 Å². The molecule has 1 saturated heterocycles. The molecule has 3 rings (SSSR count). The Bertz CT molecular complexity index is 645. The van der Waals surface area contributed by atoms with E-state index in [0.29, 0.717) is 17.0 Å². The molecule has 9 heteroatoms. The summed E-state index contributed by atoms with van der Waals surface area (Å²) in [6.07, 6.45) is 0.719. The van der Waals surface area contributed by atoms with E-state index in [1.165, 1.54) is 6.33 Å². The number of aromatic nitrogens is 4. The van der Waals surface area contributed by atoms with Gasteiger partial charge in [-0.15, -0.1) is 0 Å². The molecule has 4 unspecified atom stereocenters. The molecule has 0 radical (unpaired) electrons. The van der Waals surface area contributed by atoms with Gasteiger partial charge in [0.2, 0.25) is 0 Å². The van der Waals surface area contributed by atoms with Gasteiger partial charge < -0.3 is 25.6 Å². The summed E-state index contributed by atoms with van der Waals surface area (Å²) in [5.41, 5.74) is 7.17. The monoisotopic (exact) mass is 294 g/mol. The maximum Gasteiger partial charge on any atom is 0.167 e. The largest absolute Gasteiger partial charge is 0.394 e. The molecule has 1 aliphatic rings. The second-order valence-corrected chi connectivity index (χ2v) is 5.23. The summed E-state index contributed by atoms with van der Waals surface area (Å²) >= 11 is 0. The van der Waals surface area contributed by atoms with Gasteiger partial charge in [0.1, 0.15) is 18.5 Å². The molecule has 114 valence electrons. The van der Waals surface area contributed by atoms with Crippen LogP contribution in [0.25, 0.3) is 11.2 Å². The highest BCUT2D eigenvalue weighted by molar-refractivity contribution is 5.83. The Balaban J connectivity index is 2.04. The molecular formula is C12H18N6O3. The molecular weight excluding hydrogens is 276 g/mol. The normalized spacial score (nSPS) is 29.2. The van der Waals surface area contributed by atoms with Crippen LogP contribution >= 0.6 is 0 Å². The number of ether oxygens (including phenoxy) is 1. The predicted octanol–water partition coefficient (Wildman–Crippen LogP) is -1.53. The summed E-state index contributed by atoms with van der Waals surface area (Å²) in [6.45, 7) is -0.296. The summed E-state index contributed by atoms with van der Waals surface area (Å²) in [6, 6.07) is -0.669. The molecule has 9 nitrogen and oxygen atoms in total. The van der Waals surface area contributed by atoms with E-state index in [0.717, 1.165) is 0 Å². The first kappa shape index (κ1) is 14.1. The lowest BCUT2D eigenvalue weighted by molar-refractivity contribution is -0.0437. The summed E-state index contributed by atoms with van der Waals surface area (Å²) in [5.74, 6) is 0.685. The number of imidazole rings is 1. The molecule has 0 bridgehead atoms. The van der Waals surface area contributed by atoms with Crippen molar-refractivity contribution in [1.29, 1.82) is 0 Å². The zero-order valence-corrected chi connectivity index (χ0v) is 11.8. The SMILES string of the molecule is CN(C)c1ncnc2c1ncn2C1OC(CO)C(O)C1N. The van der Waals surface area contributed by atoms with Crippen molar-refractivity contribution in [3.8, 4) is 0 Å². The van der Waals surface area contributed by atoms with Crippen LogP contribution in [0.5, 0.6) is 0 Å². The van der Waals surface area contributed by atoms with Crippen molar-refractivity contribution in [3.63, 3.8) is 0 Å². The van der Waals surface area contributed by atoms with Gasteiger partial charge in [-0.1, -0.05) is 0 Å². The Hall–Kier alpha value is -1.81. The predicted molar refractivity (Wildman–Crippen MR) is 74.6 cm³/mol. The number of rotatable bonds is 3. The van der Waals surface area contributed by atoms with Crippen LogP contribution in [-0.4, -0.2) is 68.7 Å². The minimum atomic E-state index is -0.937. The van der Waals surface area contributed by atoms with Gasteiger partial charge in [0.05, 0.1) is 19.0 Å². The fraction of sp³-hybridized carbons (Fsp3) is 0.583. The standard InChI is InChI=1S/C12H18N6O3/c1-17(2)10-8-11(15-4-14-10)18(5-16-8)12-7(13)9(20)6(3-19)21-12/h4-7,9,12,19-20H,3,13H2,1-2H3. The van der Waals surface area contributed by atoms with E-state index >= 15 is 0 Å². The molecule has 4 atom stereocenters. The first-order chi connectivity index (χ1) is 10.0. The minimum absolute atomic E-state index is 0.296. The van der Waals surface area contributed by atoms with E-state index in [1.807, 2.05) is 19.0 Å². The van der Waals surface area contributed by atoms with Gasteiger partial charge in [-0.2, -0.15) is 0 Å². The summed E-state index contributed by atoms with van der Waals surface area (Å²) in [4.78, 5) is 14.6. The van der Waals surface area contributed by atoms with E-state index in [1.54, 1.807) is 10.9 Å². The third-order valence-corrected chi connectivity index (χ3v) is 3.64. The molecule has 0 spiro atoms. The molecule has 3 heterocycles. The second kappa shape index (κ2) is 5.19. The number of anilines is 1. The third kappa shape index (κ3) is 2.14. The Morgan fingerprint density at radius 3 is 2.76 bits per heavy atom. The van der Waals surface area contributed by atoms with Gasteiger partial charge in [0.25, 0.3) is 0 Å². The number of fused-ring (bicyclic) bond motifs is 1. The Morgan fingerprint density at radius 1 is 1.38 bits per heavy atom. The minimum Gasteiger partial charge on any atom is -0.394 e. The number of nitrogens with two attached hydrogens (primary N) is 1. The molecule has 21 heavy (non-hydrogen) atoms. The maximum atomic E-state index is 9.96. The fourth-order valence-corrected chi connectivity index (χ4v) is 2.52. The highest BCUT2D eigenvalue weighted by Gasteiger charge is 2.42. The smallest absolute Gasteiger partial charge is 0.167 e. The van der Waals surface area contributed by atoms with Crippen LogP contribution in [0.3, 0.4) is 0 Å². The summed E-state index contributed by atoms with van der Waals surface area (Å²) in [7, 11) is 3.73. The molecule has 1 fully saturated rings. The van der Waals surface area contributed by atoms with Crippen LogP contribution in [0.4, 0.5) is 5.82 Å². The highest BCUT2D eigenvalue weighted by Crippen LogP contribution is 2.31. The van der Waals surface area contributed by atoms with E-state index in [2.05, 4.69) is 15.0 Å². The first-order valence-electron chi connectivity index (χ1n) is 6.59. The van der Waals surface area contributed by atoms with Crippen LogP contribution < -0.4 is 10.6 Å². The number of nitrogens with zero attached hydrogens (tertiary/aromatic N) is 5. The second-order valence-electron chi connectivity index (χ2n) is 5.23. The van der Waals surface area contributed by atoms with Crippen LogP contribution in [0.15, 0.2) is 12.7 Å². The summed E-state index contributed by atoms with van der Waals surface area (Å²) < 4.78 is 7.27. The lowest BCUT2D eigenvalue weighted by atomic mass is 10.1. The van der Waals surface area contributed by atoms with Gasteiger partial charge in [0.15, 0.2) is 23.2 Å². The molecule has 1 aliphatic heterocycles. The topological polar surface area (TPSA) is 123 Å². The molecule has 2 aromatic heterocycles. The number of aliphatic hydroxyl groups is 2. The Labute approximate surface area is 121 Å². The highest BCUT2D eigenvalue weighted by atomic mass is 16.5. The van der Waals surface area contributed by atoms with Crippen molar-refractivity contribution >= 4 is 17.0 Å². The number of hydrogen-bond acceptors (Lipinski definition) is 8. The van der Waals surface area contributed by atoms with E-state index in [4.69, 9.17) is 10.5 Å². The van der Waals surface area contributed by atoms with Gasteiger partial charge in [-0.3, -0.25) is 4.57 Å². The van der Waals surface area contributed by atoms with Crippen molar-refractivity contribution in [2.45, 2.75) is 24.5 Å². The number of hydrogen-bond donors (Lipinski definition) is 3. The molecule has 0 amide bonds. The van der Waals surface area contributed by atoms with Crippen molar-refractivity contribution < 1.29 is 14.9 Å². The van der Waals surface area contributed by atoms with Gasteiger partial charge in [-0.25, -0.2) is 15.0 Å². The molecule has 0 aromatic carbocycles. The zero-order valence-electron chi connectivity index (χ0n) is 11.8. The van der Waals surface area contributed by atoms with Gasteiger partial charge in [-0.05, 0) is 0 Å². The fourth-order valence-electron chi connectivity index (χ4n) is 2.52.